The molecule has 0 bridgehead atoms. The van der Waals surface area contributed by atoms with Crippen molar-refractivity contribution in [2.45, 2.75) is 32.1 Å². The lowest BCUT2D eigenvalue weighted by atomic mass is 9.83. The number of rotatable bonds is 6. The summed E-state index contributed by atoms with van der Waals surface area (Å²) in [5.41, 5.74) is 1.29. The highest BCUT2D eigenvalue weighted by Crippen LogP contribution is 2.32. The van der Waals surface area contributed by atoms with Crippen molar-refractivity contribution >= 4 is 11.9 Å². The average Bonchev–Trinajstić information content (AvgIpc) is 2.74. The van der Waals surface area contributed by atoms with Gasteiger partial charge in [-0.15, -0.1) is 6.58 Å². The highest BCUT2D eigenvalue weighted by atomic mass is 16.5. The van der Waals surface area contributed by atoms with Crippen LogP contribution in [0.5, 0.6) is 0 Å². The van der Waals surface area contributed by atoms with Crippen molar-refractivity contribution in [1.29, 1.82) is 0 Å². The first-order chi connectivity index (χ1) is 13.6. The predicted octanol–water partition coefficient (Wildman–Crippen LogP) is 3.08. The van der Waals surface area contributed by atoms with Crippen LogP contribution in [0.3, 0.4) is 0 Å². The van der Waals surface area contributed by atoms with E-state index in [1.807, 2.05) is 24.0 Å². The first-order valence-corrected chi connectivity index (χ1v) is 10.5. The predicted molar refractivity (Wildman–Crippen MR) is 110 cm³/mol. The third-order valence-electron chi connectivity index (χ3n) is 5.89. The molecular weight excluding hydrogens is 352 g/mol. The van der Waals surface area contributed by atoms with E-state index in [9.17, 15) is 9.59 Å². The number of esters is 1. The van der Waals surface area contributed by atoms with Gasteiger partial charge in [-0.25, -0.2) is 0 Å². The number of hydrogen-bond donors (Lipinski definition) is 0. The zero-order valence-corrected chi connectivity index (χ0v) is 16.9. The van der Waals surface area contributed by atoms with Gasteiger partial charge in [0.25, 0.3) is 0 Å². The Labute approximate surface area is 168 Å². The molecular formula is C23H32N2O3. The lowest BCUT2D eigenvalue weighted by Gasteiger charge is -2.40. The molecule has 0 aromatic heterocycles. The van der Waals surface area contributed by atoms with E-state index in [4.69, 9.17) is 4.74 Å². The van der Waals surface area contributed by atoms with Crippen LogP contribution >= 0.6 is 0 Å². The molecule has 28 heavy (non-hydrogen) atoms. The van der Waals surface area contributed by atoms with E-state index in [-0.39, 0.29) is 23.7 Å². The Morgan fingerprint density at radius 3 is 2.68 bits per heavy atom. The molecule has 0 spiro atoms. The quantitative estimate of drug-likeness (QED) is 0.559. The number of benzene rings is 1. The summed E-state index contributed by atoms with van der Waals surface area (Å²) in [6.07, 6.45) is 4.44. The average molecular weight is 385 g/mol. The zero-order valence-electron chi connectivity index (χ0n) is 16.9. The Hall–Kier alpha value is -2.14. The molecule has 2 heterocycles. The van der Waals surface area contributed by atoms with Gasteiger partial charge >= 0.3 is 5.97 Å². The van der Waals surface area contributed by atoms with Crippen molar-refractivity contribution < 1.29 is 14.3 Å². The second kappa shape index (κ2) is 9.87. The molecule has 2 saturated heterocycles. The van der Waals surface area contributed by atoms with Gasteiger partial charge in [0.05, 0.1) is 18.4 Å². The van der Waals surface area contributed by atoms with E-state index in [0.717, 1.165) is 45.4 Å². The molecule has 1 aromatic rings. The zero-order chi connectivity index (χ0) is 19.9. The molecule has 5 heteroatoms. The maximum atomic E-state index is 13.3. The summed E-state index contributed by atoms with van der Waals surface area (Å²) in [5.74, 6) is 0.132. The molecule has 5 nitrogen and oxygen atoms in total. The largest absolute Gasteiger partial charge is 0.466 e. The van der Waals surface area contributed by atoms with Crippen LogP contribution in [0.1, 0.15) is 37.7 Å². The van der Waals surface area contributed by atoms with Gasteiger partial charge < -0.3 is 9.64 Å². The summed E-state index contributed by atoms with van der Waals surface area (Å²) in [5, 5.41) is 0. The molecule has 3 atom stereocenters. The number of ether oxygens (including phenoxy) is 1. The lowest BCUT2D eigenvalue weighted by Crippen LogP contribution is -2.50. The third kappa shape index (κ3) is 5.02. The third-order valence-corrected chi connectivity index (χ3v) is 5.89. The molecule has 0 radical (unpaired) electrons. The maximum Gasteiger partial charge on any atom is 0.310 e. The smallest absolute Gasteiger partial charge is 0.310 e. The Balaban J connectivity index is 1.70. The van der Waals surface area contributed by atoms with Gasteiger partial charge in [-0.05, 0) is 37.7 Å². The molecule has 3 unspecified atom stereocenters. The highest BCUT2D eigenvalue weighted by Gasteiger charge is 2.37. The van der Waals surface area contributed by atoms with Crippen LogP contribution in [-0.2, 0) is 14.3 Å². The van der Waals surface area contributed by atoms with E-state index in [0.29, 0.717) is 19.1 Å². The number of amides is 1. The number of carbonyl (C=O) groups is 2. The Morgan fingerprint density at radius 2 is 1.96 bits per heavy atom. The van der Waals surface area contributed by atoms with Gasteiger partial charge in [-0.3, -0.25) is 14.5 Å². The highest BCUT2D eigenvalue weighted by molar-refractivity contribution is 5.81. The number of likely N-dealkylation sites (tertiary alicyclic amines) is 2. The Bertz CT molecular complexity index is 676. The second-order valence-corrected chi connectivity index (χ2v) is 7.92. The van der Waals surface area contributed by atoms with Gasteiger partial charge in [-0.1, -0.05) is 36.4 Å². The van der Waals surface area contributed by atoms with Crippen LogP contribution in [0.2, 0.25) is 0 Å². The summed E-state index contributed by atoms with van der Waals surface area (Å²) in [4.78, 5) is 29.7. The second-order valence-electron chi connectivity index (χ2n) is 7.92. The summed E-state index contributed by atoms with van der Waals surface area (Å²) in [6.45, 7) is 9.81. The lowest BCUT2D eigenvalue weighted by molar-refractivity contribution is -0.152. The van der Waals surface area contributed by atoms with E-state index >= 15 is 0 Å². The van der Waals surface area contributed by atoms with Crippen LogP contribution in [-0.4, -0.2) is 61.0 Å². The van der Waals surface area contributed by atoms with Crippen molar-refractivity contribution in [1.82, 2.24) is 9.80 Å². The molecule has 0 aliphatic carbocycles. The minimum atomic E-state index is -0.185. The van der Waals surface area contributed by atoms with Crippen molar-refractivity contribution in [2.24, 2.45) is 11.8 Å². The molecule has 0 saturated carbocycles. The van der Waals surface area contributed by atoms with Crippen LogP contribution in [0, 0.1) is 11.8 Å². The first kappa shape index (κ1) is 20.6. The molecule has 0 N–H and O–H groups in total. The fourth-order valence-corrected chi connectivity index (χ4v) is 4.56. The fraction of sp³-hybridized carbons (Fsp3) is 0.565. The molecule has 1 aromatic carbocycles. The van der Waals surface area contributed by atoms with Gasteiger partial charge in [0.1, 0.15) is 0 Å². The number of nitrogens with zero attached hydrogens (tertiary/aromatic N) is 2. The van der Waals surface area contributed by atoms with Gasteiger partial charge in [0.2, 0.25) is 5.91 Å². The van der Waals surface area contributed by atoms with Gasteiger partial charge in [0.15, 0.2) is 0 Å². The van der Waals surface area contributed by atoms with Crippen molar-refractivity contribution in [3.8, 4) is 0 Å². The van der Waals surface area contributed by atoms with Crippen LogP contribution in [0.4, 0.5) is 0 Å². The molecule has 2 aliphatic heterocycles. The first-order valence-electron chi connectivity index (χ1n) is 10.5. The monoisotopic (exact) mass is 384 g/mol. The number of piperidine rings is 2. The van der Waals surface area contributed by atoms with Crippen LogP contribution < -0.4 is 0 Å². The van der Waals surface area contributed by atoms with E-state index in [2.05, 4.69) is 35.7 Å². The summed E-state index contributed by atoms with van der Waals surface area (Å²) < 4.78 is 5.18. The minimum Gasteiger partial charge on any atom is -0.466 e. The topological polar surface area (TPSA) is 49.9 Å². The number of carbonyl (C=O) groups excluding carboxylic acids is 2. The minimum absolute atomic E-state index is 0.0418. The SMILES string of the molecule is C=CCN1CC(C(=O)N2CCCC(C(=O)OCC)C2)CC(c2ccccc2)C1. The normalized spacial score (nSPS) is 25.9. The van der Waals surface area contributed by atoms with Gasteiger partial charge in [-0.2, -0.15) is 0 Å². The van der Waals surface area contributed by atoms with Crippen molar-refractivity contribution in [3.63, 3.8) is 0 Å². The fourth-order valence-electron chi connectivity index (χ4n) is 4.56. The summed E-state index contributed by atoms with van der Waals surface area (Å²) in [6, 6.07) is 10.5. The van der Waals surface area contributed by atoms with Crippen LogP contribution in [0.25, 0.3) is 0 Å². The molecule has 2 aliphatic rings. The van der Waals surface area contributed by atoms with Crippen LogP contribution in [0.15, 0.2) is 43.0 Å². The molecule has 2 fully saturated rings. The van der Waals surface area contributed by atoms with Crippen molar-refractivity contribution in [3.05, 3.63) is 48.6 Å². The van der Waals surface area contributed by atoms with Gasteiger partial charge in [0, 0.05) is 32.7 Å². The summed E-state index contributed by atoms with van der Waals surface area (Å²) >= 11 is 0. The maximum absolute atomic E-state index is 13.3. The summed E-state index contributed by atoms with van der Waals surface area (Å²) in [7, 11) is 0. The van der Waals surface area contributed by atoms with Crippen molar-refractivity contribution in [2.75, 3.05) is 39.3 Å². The van der Waals surface area contributed by atoms with E-state index < -0.39 is 0 Å². The molecule has 3 rings (SSSR count). The Kier molecular flexibility index (Phi) is 7.26. The standard InChI is InChI=1S/C23H32N2O3/c1-3-12-24-15-20(18-9-6-5-7-10-18)14-21(16-24)22(26)25-13-8-11-19(17-25)23(27)28-4-2/h3,5-7,9-10,19-21H,1,4,8,11-17H2,2H3. The Morgan fingerprint density at radius 1 is 1.18 bits per heavy atom. The molecule has 1 amide bonds. The van der Waals surface area contributed by atoms with E-state index in [1.54, 1.807) is 0 Å². The number of hydrogen-bond acceptors (Lipinski definition) is 4. The molecule has 152 valence electrons. The van der Waals surface area contributed by atoms with E-state index in [1.165, 1.54) is 5.56 Å².